The minimum Gasteiger partial charge on any atom is -0.307 e. The third-order valence-corrected chi connectivity index (χ3v) is 3.95. The van der Waals surface area contributed by atoms with E-state index in [2.05, 4.69) is 26.1 Å². The summed E-state index contributed by atoms with van der Waals surface area (Å²) < 4.78 is 12.8. The van der Waals surface area contributed by atoms with Gasteiger partial charge in [0, 0.05) is 12.1 Å². The van der Waals surface area contributed by atoms with Crippen LogP contribution in [0, 0.1) is 11.2 Å². The topological polar surface area (TPSA) is 12.0 Å². The highest BCUT2D eigenvalue weighted by Crippen LogP contribution is 2.48. The third kappa shape index (κ3) is 2.43. The van der Waals surface area contributed by atoms with Crippen molar-refractivity contribution in [1.82, 2.24) is 5.32 Å². The minimum absolute atomic E-state index is 0.168. The molecule has 1 saturated carbocycles. The Bertz CT molecular complexity index is 354. The zero-order valence-corrected chi connectivity index (χ0v) is 10.3. The molecule has 0 aromatic heterocycles. The fourth-order valence-corrected chi connectivity index (χ4v) is 2.05. The molecule has 1 unspecified atom stereocenters. The van der Waals surface area contributed by atoms with Gasteiger partial charge in [0.1, 0.15) is 5.82 Å². The predicted octanol–water partition coefficient (Wildman–Crippen LogP) is 3.66. The first kappa shape index (κ1) is 11.6. The van der Waals surface area contributed by atoms with Crippen LogP contribution in [0.2, 0.25) is 0 Å². The van der Waals surface area contributed by atoms with Gasteiger partial charge >= 0.3 is 0 Å². The first-order chi connectivity index (χ1) is 7.51. The van der Waals surface area contributed by atoms with Crippen LogP contribution in [0.1, 0.15) is 45.2 Å². The van der Waals surface area contributed by atoms with E-state index in [0.29, 0.717) is 11.5 Å². The zero-order valence-electron chi connectivity index (χ0n) is 10.3. The van der Waals surface area contributed by atoms with Crippen LogP contribution in [-0.2, 0) is 0 Å². The molecule has 1 aliphatic carbocycles. The number of nitrogens with one attached hydrogen (secondary N) is 1. The molecule has 1 aromatic rings. The van der Waals surface area contributed by atoms with Crippen LogP contribution in [0.3, 0.4) is 0 Å². The molecule has 1 N–H and O–H groups in total. The van der Waals surface area contributed by atoms with Gasteiger partial charge in [0.2, 0.25) is 0 Å². The molecule has 0 heterocycles. The van der Waals surface area contributed by atoms with E-state index in [1.165, 1.54) is 25.0 Å². The number of benzene rings is 1. The van der Waals surface area contributed by atoms with Crippen molar-refractivity contribution < 1.29 is 4.39 Å². The van der Waals surface area contributed by atoms with Crippen LogP contribution >= 0.6 is 0 Å². The van der Waals surface area contributed by atoms with Crippen molar-refractivity contribution >= 4 is 0 Å². The third-order valence-electron chi connectivity index (χ3n) is 3.95. The Morgan fingerprint density at radius 3 is 2.25 bits per heavy atom. The predicted molar refractivity (Wildman–Crippen MR) is 64.8 cm³/mol. The van der Waals surface area contributed by atoms with Crippen molar-refractivity contribution in [3.63, 3.8) is 0 Å². The van der Waals surface area contributed by atoms with Crippen LogP contribution in [0.5, 0.6) is 0 Å². The van der Waals surface area contributed by atoms with Crippen LogP contribution in [0.15, 0.2) is 24.3 Å². The summed E-state index contributed by atoms with van der Waals surface area (Å²) in [5.41, 5.74) is 1.63. The number of hydrogen-bond donors (Lipinski definition) is 1. The van der Waals surface area contributed by atoms with Gasteiger partial charge in [-0.05, 0) is 49.8 Å². The Kier molecular flexibility index (Phi) is 3.02. The van der Waals surface area contributed by atoms with Crippen molar-refractivity contribution in [1.29, 1.82) is 0 Å². The average molecular weight is 221 g/mol. The highest BCUT2D eigenvalue weighted by atomic mass is 19.1. The summed E-state index contributed by atoms with van der Waals surface area (Å²) in [7, 11) is 0. The molecule has 1 fully saturated rings. The van der Waals surface area contributed by atoms with Gasteiger partial charge in [0.15, 0.2) is 0 Å². The van der Waals surface area contributed by atoms with Gasteiger partial charge in [0.25, 0.3) is 0 Å². The molecule has 1 nitrogen and oxygen atoms in total. The van der Waals surface area contributed by atoms with Crippen LogP contribution < -0.4 is 5.32 Å². The fourth-order valence-electron chi connectivity index (χ4n) is 2.05. The second kappa shape index (κ2) is 4.17. The molecule has 88 valence electrons. The normalized spacial score (nSPS) is 21.5. The van der Waals surface area contributed by atoms with Gasteiger partial charge in [-0.25, -0.2) is 4.39 Å². The van der Waals surface area contributed by atoms with Gasteiger partial charge in [-0.15, -0.1) is 0 Å². The van der Waals surface area contributed by atoms with Crippen molar-refractivity contribution in [2.24, 2.45) is 5.41 Å². The van der Waals surface area contributed by atoms with Gasteiger partial charge in [-0.3, -0.25) is 0 Å². The van der Waals surface area contributed by atoms with E-state index in [4.69, 9.17) is 0 Å². The lowest BCUT2D eigenvalue weighted by molar-refractivity contribution is 0.350. The zero-order chi connectivity index (χ0) is 11.8. The summed E-state index contributed by atoms with van der Waals surface area (Å²) in [5, 5.41) is 3.60. The largest absolute Gasteiger partial charge is 0.307 e. The summed E-state index contributed by atoms with van der Waals surface area (Å²) in [6.07, 6.45) is 2.63. The lowest BCUT2D eigenvalue weighted by atomic mass is 9.98. The molecular weight excluding hydrogens is 201 g/mol. The maximum atomic E-state index is 12.8. The number of halogens is 1. The Morgan fingerprint density at radius 1 is 1.19 bits per heavy atom. The van der Waals surface area contributed by atoms with Crippen LogP contribution in [0.25, 0.3) is 0 Å². The molecule has 2 atom stereocenters. The van der Waals surface area contributed by atoms with E-state index >= 15 is 0 Å². The van der Waals surface area contributed by atoms with Crippen molar-refractivity contribution in [3.05, 3.63) is 35.6 Å². The second-order valence-electron chi connectivity index (χ2n) is 5.32. The van der Waals surface area contributed by atoms with Crippen molar-refractivity contribution in [3.8, 4) is 0 Å². The Morgan fingerprint density at radius 2 is 1.75 bits per heavy atom. The monoisotopic (exact) mass is 221 g/mol. The summed E-state index contributed by atoms with van der Waals surface area (Å²) >= 11 is 0. The average Bonchev–Trinajstić information content (AvgIpc) is 2.99. The fraction of sp³-hybridized carbons (Fsp3) is 0.571. The molecule has 0 saturated heterocycles. The molecule has 0 bridgehead atoms. The summed E-state index contributed by atoms with van der Waals surface area (Å²) in [5.74, 6) is -0.168. The highest BCUT2D eigenvalue weighted by Gasteiger charge is 2.42. The lowest BCUT2D eigenvalue weighted by Gasteiger charge is -2.25. The van der Waals surface area contributed by atoms with E-state index < -0.39 is 0 Å². The maximum absolute atomic E-state index is 12.8. The van der Waals surface area contributed by atoms with Gasteiger partial charge in [-0.2, -0.15) is 0 Å². The lowest BCUT2D eigenvalue weighted by Crippen LogP contribution is -2.35. The van der Waals surface area contributed by atoms with Crippen LogP contribution in [-0.4, -0.2) is 6.04 Å². The SMILES string of the molecule is CC(N[C@H](C)c1ccc(F)cc1)C1(C)CC1. The van der Waals surface area contributed by atoms with E-state index in [9.17, 15) is 4.39 Å². The van der Waals surface area contributed by atoms with E-state index in [1.54, 1.807) is 0 Å². The molecule has 1 aromatic carbocycles. The van der Waals surface area contributed by atoms with Gasteiger partial charge < -0.3 is 5.32 Å². The van der Waals surface area contributed by atoms with Gasteiger partial charge in [-0.1, -0.05) is 19.1 Å². The Labute approximate surface area is 97.1 Å². The number of hydrogen-bond acceptors (Lipinski definition) is 1. The first-order valence-electron chi connectivity index (χ1n) is 6.03. The molecule has 0 aliphatic heterocycles. The second-order valence-corrected chi connectivity index (χ2v) is 5.32. The molecular formula is C14H20FN. The van der Waals surface area contributed by atoms with Crippen molar-refractivity contribution in [2.75, 3.05) is 0 Å². The van der Waals surface area contributed by atoms with Crippen LogP contribution in [0.4, 0.5) is 4.39 Å². The van der Waals surface area contributed by atoms with Gasteiger partial charge in [0.05, 0.1) is 0 Å². The van der Waals surface area contributed by atoms with E-state index in [-0.39, 0.29) is 11.9 Å². The smallest absolute Gasteiger partial charge is 0.123 e. The molecule has 16 heavy (non-hydrogen) atoms. The molecule has 0 spiro atoms. The quantitative estimate of drug-likeness (QED) is 0.818. The summed E-state index contributed by atoms with van der Waals surface area (Å²) in [6, 6.07) is 7.57. The summed E-state index contributed by atoms with van der Waals surface area (Å²) in [6.45, 7) is 6.70. The number of rotatable bonds is 4. The highest BCUT2D eigenvalue weighted by molar-refractivity contribution is 5.19. The van der Waals surface area contributed by atoms with E-state index in [1.807, 2.05) is 12.1 Å². The first-order valence-corrected chi connectivity index (χ1v) is 6.03. The molecule has 2 heteroatoms. The maximum Gasteiger partial charge on any atom is 0.123 e. The molecule has 0 amide bonds. The summed E-state index contributed by atoms with van der Waals surface area (Å²) in [4.78, 5) is 0. The minimum atomic E-state index is -0.168. The van der Waals surface area contributed by atoms with E-state index in [0.717, 1.165) is 5.56 Å². The molecule has 2 rings (SSSR count). The Hall–Kier alpha value is -0.890. The molecule has 0 radical (unpaired) electrons. The molecule has 1 aliphatic rings. The van der Waals surface area contributed by atoms with Crippen molar-refractivity contribution in [2.45, 2.75) is 45.7 Å². The Balaban J connectivity index is 1.97. The standard InChI is InChI=1S/C14H20FN/c1-10(12-4-6-13(15)7-5-12)16-11(2)14(3)8-9-14/h4-7,10-11,16H,8-9H2,1-3H3/t10-,11?/m1/s1.